The molecule has 1 fully saturated rings. The highest BCUT2D eigenvalue weighted by molar-refractivity contribution is 5.50. The molecule has 0 saturated carbocycles. The van der Waals surface area contributed by atoms with Gasteiger partial charge in [0.1, 0.15) is 0 Å². The molecular formula is C15H20N2O. The van der Waals surface area contributed by atoms with Gasteiger partial charge in [0.15, 0.2) is 0 Å². The second-order valence-corrected chi connectivity index (χ2v) is 5.09. The Morgan fingerprint density at radius 1 is 1.39 bits per heavy atom. The lowest BCUT2D eigenvalue weighted by Crippen LogP contribution is -2.60. The highest BCUT2D eigenvalue weighted by Gasteiger charge is 2.46. The van der Waals surface area contributed by atoms with Crippen molar-refractivity contribution in [3.8, 4) is 0 Å². The van der Waals surface area contributed by atoms with Gasteiger partial charge < -0.3 is 10.4 Å². The van der Waals surface area contributed by atoms with Crippen molar-refractivity contribution >= 4 is 0 Å². The molecule has 0 bridgehead atoms. The van der Waals surface area contributed by atoms with Gasteiger partial charge in [-0.2, -0.15) is 0 Å². The zero-order chi connectivity index (χ0) is 12.4. The Balaban J connectivity index is 1.97. The summed E-state index contributed by atoms with van der Waals surface area (Å²) in [5, 5.41) is 16.1. The predicted octanol–water partition coefficient (Wildman–Crippen LogP) is 1.26. The third kappa shape index (κ3) is 1.70. The first-order valence-corrected chi connectivity index (χ1v) is 6.70. The standard InChI is InChI=1S/C15H20N2O/c18-11-10-17-14-15-8-2-1-4-12(15)5-3-6-13(15)7-9-16-14/h1-6,14,16-18H,7-11H2. The van der Waals surface area contributed by atoms with Crippen molar-refractivity contribution in [1.82, 2.24) is 10.6 Å². The van der Waals surface area contributed by atoms with Crippen LogP contribution < -0.4 is 10.6 Å². The van der Waals surface area contributed by atoms with Gasteiger partial charge in [0.2, 0.25) is 0 Å². The summed E-state index contributed by atoms with van der Waals surface area (Å²) in [6.45, 7) is 1.81. The molecule has 0 radical (unpaired) electrons. The quantitative estimate of drug-likeness (QED) is 0.700. The average Bonchev–Trinajstić information content (AvgIpc) is 2.43. The third-order valence-corrected chi connectivity index (χ3v) is 4.21. The lowest BCUT2D eigenvalue weighted by atomic mass is 9.62. The Morgan fingerprint density at radius 2 is 2.33 bits per heavy atom. The molecule has 18 heavy (non-hydrogen) atoms. The van der Waals surface area contributed by atoms with Crippen molar-refractivity contribution in [2.45, 2.75) is 19.0 Å². The van der Waals surface area contributed by atoms with Crippen LogP contribution in [0, 0.1) is 5.41 Å². The van der Waals surface area contributed by atoms with Gasteiger partial charge in [-0.1, -0.05) is 42.0 Å². The van der Waals surface area contributed by atoms with E-state index in [1.807, 2.05) is 0 Å². The molecule has 1 heterocycles. The van der Waals surface area contributed by atoms with Crippen LogP contribution in [0.4, 0.5) is 0 Å². The highest BCUT2D eigenvalue weighted by Crippen LogP contribution is 2.49. The minimum absolute atomic E-state index is 0.0525. The van der Waals surface area contributed by atoms with Gasteiger partial charge in [0.05, 0.1) is 12.8 Å². The van der Waals surface area contributed by atoms with E-state index in [2.05, 4.69) is 47.1 Å². The van der Waals surface area contributed by atoms with Crippen molar-refractivity contribution < 1.29 is 5.11 Å². The second kappa shape index (κ2) is 4.84. The van der Waals surface area contributed by atoms with Crippen LogP contribution in [-0.4, -0.2) is 31.0 Å². The minimum atomic E-state index is 0.0525. The topological polar surface area (TPSA) is 44.3 Å². The average molecular weight is 244 g/mol. The minimum Gasteiger partial charge on any atom is -0.395 e. The first-order valence-electron chi connectivity index (χ1n) is 6.70. The predicted molar refractivity (Wildman–Crippen MR) is 73.0 cm³/mol. The molecule has 0 aromatic carbocycles. The summed E-state index contributed by atoms with van der Waals surface area (Å²) < 4.78 is 0. The van der Waals surface area contributed by atoms with Crippen molar-refractivity contribution in [2.75, 3.05) is 19.7 Å². The van der Waals surface area contributed by atoms with Crippen LogP contribution in [0.5, 0.6) is 0 Å². The number of aliphatic hydroxyl groups excluding tert-OH is 1. The summed E-state index contributed by atoms with van der Waals surface area (Å²) in [7, 11) is 0. The smallest absolute Gasteiger partial charge is 0.0713 e. The number of nitrogens with one attached hydrogen (secondary N) is 2. The number of piperidine rings is 1. The maximum Gasteiger partial charge on any atom is 0.0713 e. The Kier molecular flexibility index (Phi) is 3.20. The van der Waals surface area contributed by atoms with Crippen LogP contribution >= 0.6 is 0 Å². The molecule has 1 aliphatic heterocycles. The van der Waals surface area contributed by atoms with Gasteiger partial charge in [-0.15, -0.1) is 0 Å². The molecule has 3 heteroatoms. The van der Waals surface area contributed by atoms with Crippen LogP contribution in [0.1, 0.15) is 12.8 Å². The second-order valence-electron chi connectivity index (χ2n) is 5.09. The fourth-order valence-corrected chi connectivity index (χ4v) is 3.39. The zero-order valence-electron chi connectivity index (χ0n) is 10.5. The first kappa shape index (κ1) is 11.9. The Bertz CT molecular complexity index is 447. The summed E-state index contributed by atoms with van der Waals surface area (Å²) in [6, 6.07) is 0. The Morgan fingerprint density at radius 3 is 3.22 bits per heavy atom. The zero-order valence-corrected chi connectivity index (χ0v) is 10.5. The summed E-state index contributed by atoms with van der Waals surface area (Å²) in [6.07, 6.45) is 15.6. The fraction of sp³-hybridized carbons (Fsp3) is 0.467. The number of aliphatic hydroxyl groups is 1. The summed E-state index contributed by atoms with van der Waals surface area (Å²) in [5.74, 6) is 0. The van der Waals surface area contributed by atoms with Gasteiger partial charge in [-0.3, -0.25) is 5.32 Å². The van der Waals surface area contributed by atoms with Crippen LogP contribution in [0.25, 0.3) is 0 Å². The highest BCUT2D eigenvalue weighted by atomic mass is 16.3. The first-order chi connectivity index (χ1) is 8.88. The maximum absolute atomic E-state index is 9.04. The van der Waals surface area contributed by atoms with Gasteiger partial charge in [-0.05, 0) is 18.4 Å². The Hall–Kier alpha value is -1.16. The molecule has 2 atom stereocenters. The molecule has 2 unspecified atom stereocenters. The fourth-order valence-electron chi connectivity index (χ4n) is 3.39. The van der Waals surface area contributed by atoms with Crippen LogP contribution in [0.3, 0.4) is 0 Å². The molecule has 3 rings (SSSR count). The van der Waals surface area contributed by atoms with Gasteiger partial charge in [-0.25, -0.2) is 0 Å². The van der Waals surface area contributed by atoms with E-state index in [1.165, 1.54) is 11.1 Å². The number of hydrogen-bond donors (Lipinski definition) is 3. The van der Waals surface area contributed by atoms with E-state index in [-0.39, 0.29) is 18.2 Å². The van der Waals surface area contributed by atoms with E-state index in [4.69, 9.17) is 5.11 Å². The van der Waals surface area contributed by atoms with E-state index >= 15 is 0 Å². The molecule has 0 aromatic rings. The summed E-state index contributed by atoms with van der Waals surface area (Å²) in [4.78, 5) is 0. The third-order valence-electron chi connectivity index (χ3n) is 4.21. The molecule has 0 amide bonds. The van der Waals surface area contributed by atoms with Crippen LogP contribution in [0.2, 0.25) is 0 Å². The van der Waals surface area contributed by atoms with Crippen molar-refractivity contribution in [3.05, 3.63) is 47.6 Å². The molecule has 1 saturated heterocycles. The molecular weight excluding hydrogens is 224 g/mol. The van der Waals surface area contributed by atoms with Crippen LogP contribution in [0.15, 0.2) is 47.6 Å². The molecule has 1 spiro atoms. The number of rotatable bonds is 3. The molecule has 96 valence electrons. The maximum atomic E-state index is 9.04. The van der Waals surface area contributed by atoms with Crippen molar-refractivity contribution in [2.24, 2.45) is 5.41 Å². The van der Waals surface area contributed by atoms with E-state index < -0.39 is 0 Å². The molecule has 2 aliphatic carbocycles. The largest absolute Gasteiger partial charge is 0.395 e. The molecule has 3 aliphatic rings. The lowest BCUT2D eigenvalue weighted by molar-refractivity contribution is 0.194. The SMILES string of the molecule is OCCNC1NCCC2=CC=CC3=CC=CCC321. The van der Waals surface area contributed by atoms with E-state index in [9.17, 15) is 0 Å². The lowest BCUT2D eigenvalue weighted by Gasteiger charge is -2.49. The summed E-state index contributed by atoms with van der Waals surface area (Å²) in [5.41, 5.74) is 2.94. The van der Waals surface area contributed by atoms with Crippen molar-refractivity contribution in [3.63, 3.8) is 0 Å². The molecule has 0 aromatic heterocycles. The van der Waals surface area contributed by atoms with E-state index in [0.717, 1.165) is 19.4 Å². The van der Waals surface area contributed by atoms with Crippen molar-refractivity contribution in [1.29, 1.82) is 0 Å². The summed E-state index contributed by atoms with van der Waals surface area (Å²) >= 11 is 0. The molecule has 3 N–H and O–H groups in total. The van der Waals surface area contributed by atoms with E-state index in [1.54, 1.807) is 0 Å². The Labute approximate surface area is 108 Å². The number of hydrogen-bond acceptors (Lipinski definition) is 3. The van der Waals surface area contributed by atoms with Crippen LogP contribution in [-0.2, 0) is 0 Å². The van der Waals surface area contributed by atoms with Gasteiger partial charge in [0, 0.05) is 18.5 Å². The van der Waals surface area contributed by atoms with Gasteiger partial charge in [0.25, 0.3) is 0 Å². The van der Waals surface area contributed by atoms with E-state index in [0.29, 0.717) is 6.54 Å². The molecule has 3 nitrogen and oxygen atoms in total. The van der Waals surface area contributed by atoms with Gasteiger partial charge >= 0.3 is 0 Å². The normalized spacial score (nSPS) is 33.5. The monoisotopic (exact) mass is 244 g/mol. The number of allylic oxidation sites excluding steroid dienone is 6.